The second-order valence-electron chi connectivity index (χ2n) is 7.28. The van der Waals surface area contributed by atoms with Crippen LogP contribution >= 0.6 is 0 Å². The first-order chi connectivity index (χ1) is 14.0. The van der Waals surface area contributed by atoms with Crippen molar-refractivity contribution in [3.8, 4) is 5.75 Å². The minimum atomic E-state index is -4.37. The maximum absolute atomic E-state index is 13.6. The average molecular weight is 400 g/mol. The van der Waals surface area contributed by atoms with Crippen molar-refractivity contribution < 1.29 is 17.9 Å². The molecule has 2 heterocycles. The van der Waals surface area contributed by atoms with E-state index in [0.717, 1.165) is 36.0 Å². The van der Waals surface area contributed by atoms with Crippen molar-refractivity contribution in [2.24, 2.45) is 0 Å². The van der Waals surface area contributed by atoms with Gasteiger partial charge in [0.05, 0.1) is 18.7 Å². The fourth-order valence-corrected chi connectivity index (χ4v) is 4.16. The highest BCUT2D eigenvalue weighted by Gasteiger charge is 2.35. The Morgan fingerprint density at radius 1 is 1.00 bits per heavy atom. The topological polar surface area (TPSA) is 17.4 Å². The van der Waals surface area contributed by atoms with Crippen LogP contribution in [-0.2, 0) is 19.3 Å². The van der Waals surface area contributed by atoms with Crippen LogP contribution in [0.5, 0.6) is 5.75 Å². The summed E-state index contributed by atoms with van der Waals surface area (Å²) in [6.45, 7) is 1.78. The van der Waals surface area contributed by atoms with Crippen molar-refractivity contribution in [2.75, 3.05) is 13.7 Å². The van der Waals surface area contributed by atoms with Gasteiger partial charge < -0.3 is 9.30 Å². The van der Waals surface area contributed by atoms with Crippen molar-refractivity contribution in [3.63, 3.8) is 0 Å². The number of fused-ring (bicyclic) bond motifs is 1. The summed E-state index contributed by atoms with van der Waals surface area (Å²) in [6, 6.07) is 17.5. The highest BCUT2D eigenvalue weighted by molar-refractivity contribution is 5.36. The summed E-state index contributed by atoms with van der Waals surface area (Å²) >= 11 is 0. The number of benzene rings is 2. The summed E-state index contributed by atoms with van der Waals surface area (Å²) in [4.78, 5) is 2.14. The standard InChI is InChI=1S/C23H23F3N2O/c1-29-19-9-4-8-17(15-19)22-21-11-5-12-27(21)13-6-14-28(22)16-18-7-2-3-10-20(18)23(24,25)26/h2-5,7-12,15,22H,6,13-14,16H2,1H3/t22-/m0/s1. The second kappa shape index (κ2) is 7.95. The summed E-state index contributed by atoms with van der Waals surface area (Å²) in [5.41, 5.74) is 1.83. The van der Waals surface area contributed by atoms with Gasteiger partial charge in [0.1, 0.15) is 5.75 Å². The molecule has 3 nitrogen and oxygen atoms in total. The van der Waals surface area contributed by atoms with Gasteiger partial charge in [-0.3, -0.25) is 4.90 Å². The van der Waals surface area contributed by atoms with E-state index in [4.69, 9.17) is 4.74 Å². The molecule has 0 spiro atoms. The Kier molecular flexibility index (Phi) is 5.37. The number of aromatic nitrogens is 1. The SMILES string of the molecule is COc1cccc([C@H]2c3cccn3CCCN2Cc2ccccc2C(F)(F)F)c1. The van der Waals surface area contributed by atoms with Crippen molar-refractivity contribution in [1.82, 2.24) is 9.47 Å². The number of hydrogen-bond donors (Lipinski definition) is 0. The molecule has 0 unspecified atom stereocenters. The van der Waals surface area contributed by atoms with Crippen LogP contribution in [0, 0.1) is 0 Å². The molecule has 0 amide bonds. The Labute approximate surface area is 168 Å². The first kappa shape index (κ1) is 19.6. The van der Waals surface area contributed by atoms with Gasteiger partial charge in [-0.15, -0.1) is 0 Å². The molecule has 6 heteroatoms. The zero-order valence-corrected chi connectivity index (χ0v) is 16.2. The van der Waals surface area contributed by atoms with Crippen LogP contribution in [0.2, 0.25) is 0 Å². The van der Waals surface area contributed by atoms with Gasteiger partial charge in [0, 0.05) is 31.5 Å². The van der Waals surface area contributed by atoms with Crippen LogP contribution in [0.15, 0.2) is 66.9 Å². The molecule has 0 aliphatic carbocycles. The fourth-order valence-electron chi connectivity index (χ4n) is 4.16. The number of aryl methyl sites for hydroxylation is 1. The maximum atomic E-state index is 13.6. The number of halogens is 3. The first-order valence-corrected chi connectivity index (χ1v) is 9.65. The van der Waals surface area contributed by atoms with E-state index in [0.29, 0.717) is 12.1 Å². The lowest BCUT2D eigenvalue weighted by molar-refractivity contribution is -0.138. The largest absolute Gasteiger partial charge is 0.497 e. The second-order valence-corrected chi connectivity index (χ2v) is 7.28. The lowest BCUT2D eigenvalue weighted by Gasteiger charge is -2.31. The molecule has 0 saturated carbocycles. The highest BCUT2D eigenvalue weighted by atomic mass is 19.4. The van der Waals surface area contributed by atoms with Gasteiger partial charge in [0.2, 0.25) is 0 Å². The smallest absolute Gasteiger partial charge is 0.416 e. The van der Waals surface area contributed by atoms with Gasteiger partial charge in [0.15, 0.2) is 0 Å². The summed E-state index contributed by atoms with van der Waals surface area (Å²) in [5, 5.41) is 0. The number of ether oxygens (including phenoxy) is 1. The third kappa shape index (κ3) is 4.03. The molecule has 1 aliphatic heterocycles. The molecule has 3 aromatic rings. The molecule has 1 aliphatic rings. The maximum Gasteiger partial charge on any atom is 0.416 e. The molecule has 152 valence electrons. The number of methoxy groups -OCH3 is 1. The zero-order chi connectivity index (χ0) is 20.4. The van der Waals surface area contributed by atoms with Crippen LogP contribution in [0.4, 0.5) is 13.2 Å². The lowest BCUT2D eigenvalue weighted by atomic mass is 9.99. The normalized spacial score (nSPS) is 17.6. The van der Waals surface area contributed by atoms with Gasteiger partial charge in [-0.05, 0) is 47.9 Å². The van der Waals surface area contributed by atoms with E-state index in [1.807, 2.05) is 36.5 Å². The molecule has 29 heavy (non-hydrogen) atoms. The van der Waals surface area contributed by atoms with E-state index in [1.165, 1.54) is 6.07 Å². The summed E-state index contributed by atoms with van der Waals surface area (Å²) in [7, 11) is 1.62. The van der Waals surface area contributed by atoms with Gasteiger partial charge >= 0.3 is 6.18 Å². The van der Waals surface area contributed by atoms with Crippen molar-refractivity contribution in [2.45, 2.75) is 31.7 Å². The number of rotatable bonds is 4. The molecule has 0 bridgehead atoms. The van der Waals surface area contributed by atoms with E-state index in [-0.39, 0.29) is 12.6 Å². The third-order valence-electron chi connectivity index (χ3n) is 5.46. The van der Waals surface area contributed by atoms with Gasteiger partial charge in [-0.2, -0.15) is 13.2 Å². The van der Waals surface area contributed by atoms with Crippen molar-refractivity contribution >= 4 is 0 Å². The van der Waals surface area contributed by atoms with E-state index in [2.05, 4.69) is 15.5 Å². The van der Waals surface area contributed by atoms with E-state index >= 15 is 0 Å². The first-order valence-electron chi connectivity index (χ1n) is 9.65. The summed E-state index contributed by atoms with van der Waals surface area (Å²) in [6.07, 6.45) is -1.46. The van der Waals surface area contributed by atoms with Gasteiger partial charge in [0.25, 0.3) is 0 Å². The summed E-state index contributed by atoms with van der Waals surface area (Å²) < 4.78 is 48.2. The predicted molar refractivity (Wildman–Crippen MR) is 106 cm³/mol. The number of alkyl halides is 3. The molecule has 0 radical (unpaired) electrons. The Morgan fingerprint density at radius 2 is 1.83 bits per heavy atom. The Balaban J connectivity index is 1.77. The minimum absolute atomic E-state index is 0.149. The van der Waals surface area contributed by atoms with Crippen LogP contribution in [0.3, 0.4) is 0 Å². The van der Waals surface area contributed by atoms with Crippen LogP contribution in [-0.4, -0.2) is 23.1 Å². The van der Waals surface area contributed by atoms with Crippen molar-refractivity contribution in [1.29, 1.82) is 0 Å². The van der Waals surface area contributed by atoms with Gasteiger partial charge in [-0.25, -0.2) is 0 Å². The highest BCUT2D eigenvalue weighted by Crippen LogP contribution is 2.37. The predicted octanol–water partition coefficient (Wildman–Crippen LogP) is 5.51. The molecule has 1 aromatic heterocycles. The Morgan fingerprint density at radius 3 is 2.62 bits per heavy atom. The molecular formula is C23H23F3N2O. The van der Waals surface area contributed by atoms with Gasteiger partial charge in [-0.1, -0.05) is 30.3 Å². The van der Waals surface area contributed by atoms with Crippen LogP contribution < -0.4 is 4.74 Å². The van der Waals surface area contributed by atoms with Crippen molar-refractivity contribution in [3.05, 3.63) is 89.2 Å². The fraction of sp³-hybridized carbons (Fsp3) is 0.304. The van der Waals surface area contributed by atoms with Crippen LogP contribution in [0.1, 0.15) is 34.8 Å². The molecule has 0 saturated heterocycles. The molecular weight excluding hydrogens is 377 g/mol. The quantitative estimate of drug-likeness (QED) is 0.575. The van der Waals surface area contributed by atoms with Crippen LogP contribution in [0.25, 0.3) is 0 Å². The number of hydrogen-bond acceptors (Lipinski definition) is 2. The molecule has 1 atom stereocenters. The Hall–Kier alpha value is -2.73. The van der Waals surface area contributed by atoms with E-state index in [1.54, 1.807) is 19.2 Å². The average Bonchev–Trinajstić information content (AvgIpc) is 3.09. The molecule has 2 aromatic carbocycles. The zero-order valence-electron chi connectivity index (χ0n) is 16.2. The summed E-state index contributed by atoms with van der Waals surface area (Å²) in [5.74, 6) is 0.737. The monoisotopic (exact) mass is 400 g/mol. The third-order valence-corrected chi connectivity index (χ3v) is 5.46. The Bertz CT molecular complexity index is 980. The van der Waals surface area contributed by atoms with E-state index in [9.17, 15) is 13.2 Å². The van der Waals surface area contributed by atoms with E-state index < -0.39 is 11.7 Å². The lowest BCUT2D eigenvalue weighted by Crippen LogP contribution is -2.30. The minimum Gasteiger partial charge on any atom is -0.497 e. The number of nitrogens with zero attached hydrogens (tertiary/aromatic N) is 2. The molecule has 0 fully saturated rings. The molecule has 0 N–H and O–H groups in total. The molecule has 4 rings (SSSR count).